The van der Waals surface area contributed by atoms with Gasteiger partial charge in [-0.15, -0.1) is 0 Å². The minimum atomic E-state index is -0.222. The number of nitrogens with one attached hydrogen (secondary N) is 1. The minimum absolute atomic E-state index is 0.00794. The lowest BCUT2D eigenvalue weighted by atomic mass is 9.78. The maximum atomic E-state index is 12.4. The summed E-state index contributed by atoms with van der Waals surface area (Å²) in [6.07, 6.45) is 4.87. The second kappa shape index (κ2) is 8.15. The molecule has 0 bridgehead atoms. The van der Waals surface area contributed by atoms with Crippen LogP contribution in [0.2, 0.25) is 0 Å². The molecule has 0 heterocycles. The smallest absolute Gasteiger partial charge is 0.223 e. The first kappa shape index (κ1) is 16.0. The molecule has 2 unspecified atom stereocenters. The van der Waals surface area contributed by atoms with Crippen LogP contribution in [0.4, 0.5) is 0 Å². The molecule has 1 saturated carbocycles. The van der Waals surface area contributed by atoms with Crippen molar-refractivity contribution in [2.45, 2.75) is 38.1 Å². The molecule has 21 heavy (non-hydrogen) atoms. The first-order chi connectivity index (χ1) is 10.2. The highest BCUT2D eigenvalue weighted by Crippen LogP contribution is 2.29. The Morgan fingerprint density at radius 1 is 1.29 bits per heavy atom. The number of carbonyl (C=O) groups is 1. The van der Waals surface area contributed by atoms with Crippen molar-refractivity contribution in [1.29, 1.82) is 0 Å². The van der Waals surface area contributed by atoms with E-state index in [9.17, 15) is 9.90 Å². The maximum absolute atomic E-state index is 12.4. The van der Waals surface area contributed by atoms with Gasteiger partial charge in [-0.05, 0) is 37.3 Å². The van der Waals surface area contributed by atoms with Gasteiger partial charge in [-0.2, -0.15) is 0 Å². The normalized spacial score (nSPS) is 23.5. The van der Waals surface area contributed by atoms with Crippen molar-refractivity contribution in [2.75, 3.05) is 13.2 Å². The van der Waals surface area contributed by atoms with Crippen LogP contribution in [0.5, 0.6) is 0 Å². The van der Waals surface area contributed by atoms with Crippen LogP contribution >= 0.6 is 0 Å². The molecular weight excluding hydrogens is 264 g/mol. The van der Waals surface area contributed by atoms with Crippen LogP contribution in [0.1, 0.15) is 31.2 Å². The summed E-state index contributed by atoms with van der Waals surface area (Å²) in [5.74, 6) is 0.350. The average Bonchev–Trinajstić information content (AvgIpc) is 2.55. The topological polar surface area (TPSA) is 75.4 Å². The summed E-state index contributed by atoms with van der Waals surface area (Å²) >= 11 is 0. The highest BCUT2D eigenvalue weighted by molar-refractivity contribution is 5.79. The van der Waals surface area contributed by atoms with E-state index in [1.807, 2.05) is 30.3 Å². The Kier molecular flexibility index (Phi) is 6.21. The first-order valence-corrected chi connectivity index (χ1v) is 7.89. The van der Waals surface area contributed by atoms with E-state index in [4.69, 9.17) is 5.73 Å². The van der Waals surface area contributed by atoms with Gasteiger partial charge in [0.1, 0.15) is 0 Å². The number of carbonyl (C=O) groups excluding carboxylic acids is 1. The summed E-state index contributed by atoms with van der Waals surface area (Å²) in [5, 5.41) is 12.5. The molecule has 2 rings (SSSR count). The number of rotatable bonds is 6. The number of hydrogen-bond donors (Lipinski definition) is 3. The summed E-state index contributed by atoms with van der Waals surface area (Å²) in [6, 6.07) is 9.70. The molecular formula is C17H26N2O2. The van der Waals surface area contributed by atoms with E-state index in [1.165, 1.54) is 6.42 Å². The van der Waals surface area contributed by atoms with E-state index in [-0.39, 0.29) is 30.4 Å². The van der Waals surface area contributed by atoms with Gasteiger partial charge in [0, 0.05) is 5.92 Å². The molecule has 0 aromatic heterocycles. The van der Waals surface area contributed by atoms with Crippen LogP contribution in [-0.2, 0) is 11.2 Å². The molecule has 4 nitrogen and oxygen atoms in total. The third kappa shape index (κ3) is 4.55. The summed E-state index contributed by atoms with van der Waals surface area (Å²) in [4.78, 5) is 12.4. The van der Waals surface area contributed by atoms with Gasteiger partial charge in [-0.1, -0.05) is 43.2 Å². The van der Waals surface area contributed by atoms with Crippen molar-refractivity contribution in [1.82, 2.24) is 5.32 Å². The van der Waals surface area contributed by atoms with Crippen LogP contribution in [0.25, 0.3) is 0 Å². The number of nitrogens with two attached hydrogens (primary N) is 1. The van der Waals surface area contributed by atoms with Crippen molar-refractivity contribution in [3.05, 3.63) is 35.9 Å². The largest absolute Gasteiger partial charge is 0.394 e. The van der Waals surface area contributed by atoms with Crippen molar-refractivity contribution >= 4 is 5.91 Å². The molecule has 0 aliphatic heterocycles. The molecule has 1 aliphatic rings. The maximum Gasteiger partial charge on any atom is 0.223 e. The minimum Gasteiger partial charge on any atom is -0.394 e. The second-order valence-corrected chi connectivity index (χ2v) is 5.96. The lowest BCUT2D eigenvalue weighted by Gasteiger charge is -2.31. The second-order valence-electron chi connectivity index (χ2n) is 5.96. The van der Waals surface area contributed by atoms with Crippen molar-refractivity contribution in [2.24, 2.45) is 17.6 Å². The lowest BCUT2D eigenvalue weighted by Crippen LogP contribution is -2.46. The molecule has 0 saturated heterocycles. The molecule has 0 radical (unpaired) electrons. The number of benzene rings is 1. The van der Waals surface area contributed by atoms with Gasteiger partial charge in [0.15, 0.2) is 0 Å². The lowest BCUT2D eigenvalue weighted by molar-refractivity contribution is -0.128. The summed E-state index contributed by atoms with van der Waals surface area (Å²) in [5.41, 5.74) is 6.91. The van der Waals surface area contributed by atoms with Crippen LogP contribution in [-0.4, -0.2) is 30.2 Å². The number of amides is 1. The fraction of sp³-hybridized carbons (Fsp3) is 0.588. The van der Waals surface area contributed by atoms with Crippen molar-refractivity contribution < 1.29 is 9.90 Å². The average molecular weight is 290 g/mol. The number of hydrogen-bond acceptors (Lipinski definition) is 3. The molecule has 116 valence electrons. The monoisotopic (exact) mass is 290 g/mol. The fourth-order valence-corrected chi connectivity index (χ4v) is 3.20. The van der Waals surface area contributed by atoms with Crippen LogP contribution in [0, 0.1) is 11.8 Å². The zero-order valence-electron chi connectivity index (χ0n) is 12.5. The number of aliphatic hydroxyl groups excluding tert-OH is 1. The Balaban J connectivity index is 1.92. The van der Waals surface area contributed by atoms with Crippen LogP contribution < -0.4 is 11.1 Å². The summed E-state index contributed by atoms with van der Waals surface area (Å²) in [7, 11) is 0. The third-order valence-electron chi connectivity index (χ3n) is 4.44. The van der Waals surface area contributed by atoms with Gasteiger partial charge in [-0.25, -0.2) is 0 Å². The summed E-state index contributed by atoms with van der Waals surface area (Å²) < 4.78 is 0. The van der Waals surface area contributed by atoms with E-state index < -0.39 is 0 Å². The predicted molar refractivity (Wildman–Crippen MR) is 83.7 cm³/mol. The zero-order valence-corrected chi connectivity index (χ0v) is 12.5. The number of aliphatic hydroxyl groups is 1. The van der Waals surface area contributed by atoms with E-state index >= 15 is 0 Å². The predicted octanol–water partition coefficient (Wildman–Crippen LogP) is 1.47. The van der Waals surface area contributed by atoms with Gasteiger partial charge in [-0.3, -0.25) is 4.79 Å². The first-order valence-electron chi connectivity index (χ1n) is 7.89. The van der Waals surface area contributed by atoms with E-state index in [2.05, 4.69) is 5.32 Å². The Bertz CT molecular complexity index is 436. The molecule has 4 N–H and O–H groups in total. The van der Waals surface area contributed by atoms with E-state index in [1.54, 1.807) is 0 Å². The Hall–Kier alpha value is -1.39. The molecule has 1 aromatic rings. The third-order valence-corrected chi connectivity index (χ3v) is 4.44. The van der Waals surface area contributed by atoms with Crippen molar-refractivity contribution in [3.63, 3.8) is 0 Å². The zero-order chi connectivity index (χ0) is 15.1. The van der Waals surface area contributed by atoms with Gasteiger partial charge < -0.3 is 16.2 Å². The quantitative estimate of drug-likeness (QED) is 0.742. The highest BCUT2D eigenvalue weighted by Gasteiger charge is 2.30. The van der Waals surface area contributed by atoms with Gasteiger partial charge >= 0.3 is 0 Å². The Morgan fingerprint density at radius 3 is 2.67 bits per heavy atom. The van der Waals surface area contributed by atoms with E-state index in [0.717, 1.165) is 24.8 Å². The molecule has 1 aliphatic carbocycles. The van der Waals surface area contributed by atoms with Gasteiger partial charge in [0.05, 0.1) is 12.6 Å². The Morgan fingerprint density at radius 2 is 2.00 bits per heavy atom. The molecule has 4 heteroatoms. The van der Waals surface area contributed by atoms with Crippen LogP contribution in [0.3, 0.4) is 0 Å². The highest BCUT2D eigenvalue weighted by atomic mass is 16.3. The molecule has 3 atom stereocenters. The molecule has 1 aromatic carbocycles. The fourth-order valence-electron chi connectivity index (χ4n) is 3.20. The molecule has 1 amide bonds. The van der Waals surface area contributed by atoms with E-state index in [0.29, 0.717) is 13.0 Å². The SMILES string of the molecule is NCC1CCCCC1C(=O)N[C@H](CO)Cc1ccccc1. The standard InChI is InChI=1S/C17H26N2O2/c18-11-14-8-4-5-9-16(14)17(21)19-15(12-20)10-13-6-2-1-3-7-13/h1-3,6-7,14-16,20H,4-5,8-12,18H2,(H,19,21)/t14?,15-,16?/m0/s1. The van der Waals surface area contributed by atoms with Crippen molar-refractivity contribution in [3.8, 4) is 0 Å². The van der Waals surface area contributed by atoms with Crippen LogP contribution in [0.15, 0.2) is 30.3 Å². The molecule has 1 fully saturated rings. The van der Waals surface area contributed by atoms with Gasteiger partial charge in [0.2, 0.25) is 5.91 Å². The summed E-state index contributed by atoms with van der Waals surface area (Å²) in [6.45, 7) is 0.529. The Labute approximate surface area is 126 Å². The van der Waals surface area contributed by atoms with Gasteiger partial charge in [0.25, 0.3) is 0 Å². The molecule has 0 spiro atoms.